The molecule has 4 nitrogen and oxygen atoms in total. The van der Waals surface area contributed by atoms with Crippen LogP contribution < -0.4 is 0 Å². The zero-order chi connectivity index (χ0) is 11.7. The van der Waals surface area contributed by atoms with Crippen molar-refractivity contribution in [2.75, 3.05) is 20.2 Å². The topological polar surface area (TPSA) is 38.8 Å². The maximum absolute atomic E-state index is 11.5. The summed E-state index contributed by atoms with van der Waals surface area (Å²) in [6, 6.07) is 0. The number of carbonyl (C=O) groups is 1. The quantitative estimate of drug-likeness (QED) is 0.613. The van der Waals surface area contributed by atoms with Gasteiger partial charge >= 0.3 is 6.09 Å². The fraction of sp³-hybridized carbons (Fsp3) is 0.727. The molecule has 1 rings (SSSR count). The molecule has 0 aromatic heterocycles. The average Bonchev–Trinajstić information content (AvgIpc) is 2.00. The number of ether oxygens (including phenoxy) is 2. The number of amides is 1. The molecule has 0 aromatic rings. The third kappa shape index (κ3) is 2.63. The van der Waals surface area contributed by atoms with Gasteiger partial charge in [0.25, 0.3) is 0 Å². The molecular weight excluding hydrogens is 194 g/mol. The zero-order valence-electron chi connectivity index (χ0n) is 9.66. The monoisotopic (exact) mass is 211 g/mol. The van der Waals surface area contributed by atoms with Crippen LogP contribution in [0, 0.1) is 12.3 Å². The second-order valence-electron chi connectivity index (χ2n) is 4.68. The Morgan fingerprint density at radius 1 is 1.47 bits per heavy atom. The number of nitrogens with zero attached hydrogens (tertiary/aromatic N) is 1. The predicted octanol–water partition coefficient (Wildman–Crippen LogP) is 1.26. The summed E-state index contributed by atoms with van der Waals surface area (Å²) in [5, 5.41) is 0. The van der Waals surface area contributed by atoms with Crippen molar-refractivity contribution in [1.29, 1.82) is 0 Å². The molecule has 15 heavy (non-hydrogen) atoms. The van der Waals surface area contributed by atoms with Crippen LogP contribution in [0.25, 0.3) is 0 Å². The molecule has 84 valence electrons. The van der Waals surface area contributed by atoms with E-state index in [1.165, 1.54) is 4.90 Å². The molecule has 1 heterocycles. The molecule has 1 fully saturated rings. The molecule has 0 radical (unpaired) electrons. The lowest BCUT2D eigenvalue weighted by molar-refractivity contribution is -0.0850. The molecule has 0 aromatic carbocycles. The second kappa shape index (κ2) is 3.74. The first-order valence-electron chi connectivity index (χ1n) is 4.83. The van der Waals surface area contributed by atoms with E-state index in [1.54, 1.807) is 7.11 Å². The van der Waals surface area contributed by atoms with Crippen LogP contribution in [0.4, 0.5) is 4.79 Å². The highest BCUT2D eigenvalue weighted by Gasteiger charge is 2.45. The van der Waals surface area contributed by atoms with E-state index in [0.717, 1.165) is 0 Å². The van der Waals surface area contributed by atoms with Crippen molar-refractivity contribution >= 4 is 6.09 Å². The first-order valence-corrected chi connectivity index (χ1v) is 4.83. The highest BCUT2D eigenvalue weighted by molar-refractivity contribution is 5.70. The highest BCUT2D eigenvalue weighted by atomic mass is 16.6. The third-order valence-electron chi connectivity index (χ3n) is 2.20. The lowest BCUT2D eigenvalue weighted by atomic mass is 9.96. The number of hydrogen-bond donors (Lipinski definition) is 0. The molecule has 0 atom stereocenters. The van der Waals surface area contributed by atoms with Gasteiger partial charge in [0.05, 0.1) is 13.1 Å². The zero-order valence-corrected chi connectivity index (χ0v) is 9.66. The summed E-state index contributed by atoms with van der Waals surface area (Å²) >= 11 is 0. The normalized spacial score (nSPS) is 19.0. The Morgan fingerprint density at radius 3 is 2.33 bits per heavy atom. The predicted molar refractivity (Wildman–Crippen MR) is 56.4 cm³/mol. The van der Waals surface area contributed by atoms with E-state index in [9.17, 15) is 4.79 Å². The van der Waals surface area contributed by atoms with Gasteiger partial charge in [0.1, 0.15) is 5.60 Å². The molecule has 0 spiro atoms. The molecule has 1 aliphatic heterocycles. The van der Waals surface area contributed by atoms with Gasteiger partial charge in [-0.2, -0.15) is 0 Å². The number of terminal acetylenes is 1. The van der Waals surface area contributed by atoms with Crippen LogP contribution in [0.3, 0.4) is 0 Å². The number of rotatable bonds is 1. The summed E-state index contributed by atoms with van der Waals surface area (Å²) in [6.45, 7) is 6.28. The number of likely N-dealkylation sites (tertiary alicyclic amines) is 1. The lowest BCUT2D eigenvalue weighted by Crippen LogP contribution is -2.64. The summed E-state index contributed by atoms with van der Waals surface area (Å²) in [7, 11) is 1.55. The Morgan fingerprint density at radius 2 is 2.00 bits per heavy atom. The Hall–Kier alpha value is -1.21. The molecule has 0 saturated carbocycles. The molecule has 0 unspecified atom stereocenters. The van der Waals surface area contributed by atoms with Gasteiger partial charge in [0.2, 0.25) is 0 Å². The van der Waals surface area contributed by atoms with Crippen molar-refractivity contribution in [3.8, 4) is 12.3 Å². The molecule has 1 saturated heterocycles. The van der Waals surface area contributed by atoms with Gasteiger partial charge in [0, 0.05) is 7.11 Å². The van der Waals surface area contributed by atoms with Gasteiger partial charge < -0.3 is 14.4 Å². The molecule has 1 aliphatic rings. The molecule has 4 heteroatoms. The van der Waals surface area contributed by atoms with E-state index < -0.39 is 11.2 Å². The first kappa shape index (κ1) is 11.9. The van der Waals surface area contributed by atoms with Crippen molar-refractivity contribution in [3.63, 3.8) is 0 Å². The Bertz CT molecular complexity index is 292. The van der Waals surface area contributed by atoms with Gasteiger partial charge in [-0.3, -0.25) is 0 Å². The maximum atomic E-state index is 11.5. The minimum absolute atomic E-state index is 0.342. The van der Waals surface area contributed by atoms with Gasteiger partial charge in [-0.1, -0.05) is 5.92 Å². The first-order chi connectivity index (χ1) is 6.82. The molecule has 0 aliphatic carbocycles. The molecule has 0 bridgehead atoms. The van der Waals surface area contributed by atoms with E-state index in [4.69, 9.17) is 15.9 Å². The smallest absolute Gasteiger partial charge is 0.410 e. The van der Waals surface area contributed by atoms with Gasteiger partial charge in [0.15, 0.2) is 5.60 Å². The average molecular weight is 211 g/mol. The van der Waals surface area contributed by atoms with Crippen molar-refractivity contribution < 1.29 is 14.3 Å². The number of hydrogen-bond acceptors (Lipinski definition) is 3. The molecule has 1 amide bonds. The van der Waals surface area contributed by atoms with Crippen LogP contribution in [0.2, 0.25) is 0 Å². The van der Waals surface area contributed by atoms with E-state index in [-0.39, 0.29) is 6.09 Å². The highest BCUT2D eigenvalue weighted by Crippen LogP contribution is 2.25. The summed E-state index contributed by atoms with van der Waals surface area (Å²) in [5.41, 5.74) is -1.09. The van der Waals surface area contributed by atoms with Gasteiger partial charge in [-0.05, 0) is 20.8 Å². The van der Waals surface area contributed by atoms with Crippen LogP contribution in [0.15, 0.2) is 0 Å². The second-order valence-corrected chi connectivity index (χ2v) is 4.68. The fourth-order valence-corrected chi connectivity index (χ4v) is 1.31. The van der Waals surface area contributed by atoms with Crippen molar-refractivity contribution in [2.45, 2.75) is 32.0 Å². The Labute approximate surface area is 90.5 Å². The number of carbonyl (C=O) groups excluding carboxylic acids is 1. The summed E-state index contributed by atoms with van der Waals surface area (Å²) < 4.78 is 10.3. The SMILES string of the molecule is C#CC1(OC)CN(C(=O)OC(C)(C)C)C1. The summed E-state index contributed by atoms with van der Waals surface area (Å²) in [5.74, 6) is 2.54. The van der Waals surface area contributed by atoms with Crippen molar-refractivity contribution in [1.82, 2.24) is 4.90 Å². The van der Waals surface area contributed by atoms with Crippen LogP contribution in [0.5, 0.6) is 0 Å². The van der Waals surface area contributed by atoms with Crippen molar-refractivity contribution in [3.05, 3.63) is 0 Å². The summed E-state index contributed by atoms with van der Waals surface area (Å²) in [6.07, 6.45) is 4.97. The van der Waals surface area contributed by atoms with Crippen LogP contribution in [0.1, 0.15) is 20.8 Å². The van der Waals surface area contributed by atoms with E-state index in [2.05, 4.69) is 5.92 Å². The van der Waals surface area contributed by atoms with Crippen LogP contribution >= 0.6 is 0 Å². The Balaban J connectivity index is 2.46. The van der Waals surface area contributed by atoms with E-state index >= 15 is 0 Å². The van der Waals surface area contributed by atoms with Crippen LogP contribution in [-0.4, -0.2) is 42.4 Å². The minimum atomic E-state index is -0.614. The van der Waals surface area contributed by atoms with E-state index in [1.807, 2.05) is 20.8 Å². The minimum Gasteiger partial charge on any atom is -0.444 e. The maximum Gasteiger partial charge on any atom is 0.410 e. The lowest BCUT2D eigenvalue weighted by Gasteiger charge is -2.45. The molecule has 0 N–H and O–H groups in total. The van der Waals surface area contributed by atoms with Gasteiger partial charge in [-0.25, -0.2) is 4.79 Å². The van der Waals surface area contributed by atoms with Crippen molar-refractivity contribution in [2.24, 2.45) is 0 Å². The third-order valence-corrected chi connectivity index (χ3v) is 2.20. The van der Waals surface area contributed by atoms with Crippen LogP contribution in [-0.2, 0) is 9.47 Å². The fourth-order valence-electron chi connectivity index (χ4n) is 1.31. The van der Waals surface area contributed by atoms with E-state index in [0.29, 0.717) is 13.1 Å². The standard InChI is InChI=1S/C11H17NO3/c1-6-11(14-5)7-12(8-11)9(13)15-10(2,3)4/h1H,7-8H2,2-5H3. The number of methoxy groups -OCH3 is 1. The summed E-state index contributed by atoms with van der Waals surface area (Å²) in [4.78, 5) is 13.1. The largest absolute Gasteiger partial charge is 0.444 e. The Kier molecular flexibility index (Phi) is 2.96. The molecular formula is C11H17NO3. The van der Waals surface area contributed by atoms with Gasteiger partial charge in [-0.15, -0.1) is 6.42 Å².